The highest BCUT2D eigenvalue weighted by molar-refractivity contribution is 9.10. The predicted molar refractivity (Wildman–Crippen MR) is 103 cm³/mol. The molecular weight excluding hydrogens is 394 g/mol. The molecule has 130 valence electrons. The zero-order valence-corrected chi connectivity index (χ0v) is 15.4. The second kappa shape index (κ2) is 7.27. The predicted octanol–water partition coefficient (Wildman–Crippen LogP) is 3.93. The van der Waals surface area contributed by atoms with Crippen molar-refractivity contribution < 1.29 is 4.42 Å². The summed E-state index contributed by atoms with van der Waals surface area (Å²) in [5, 5.41) is 3.44. The molecule has 1 N–H and O–H groups in total. The average Bonchev–Trinajstić information content (AvgIpc) is 3.18. The summed E-state index contributed by atoms with van der Waals surface area (Å²) in [7, 11) is 0. The van der Waals surface area contributed by atoms with Crippen molar-refractivity contribution in [1.82, 2.24) is 14.7 Å². The van der Waals surface area contributed by atoms with E-state index < -0.39 is 0 Å². The van der Waals surface area contributed by atoms with Gasteiger partial charge in [-0.2, -0.15) is 0 Å². The van der Waals surface area contributed by atoms with Crippen molar-refractivity contribution in [1.29, 1.82) is 0 Å². The van der Waals surface area contributed by atoms with Gasteiger partial charge in [-0.3, -0.25) is 14.5 Å². The highest BCUT2D eigenvalue weighted by Crippen LogP contribution is 2.22. The number of hydrogen-bond acceptors (Lipinski definition) is 4. The Labute approximate surface area is 158 Å². The van der Waals surface area contributed by atoms with Crippen LogP contribution in [0.5, 0.6) is 0 Å². The lowest BCUT2D eigenvalue weighted by atomic mass is 10.0. The molecular formula is C20H16BrN3O2. The van der Waals surface area contributed by atoms with Crippen LogP contribution < -0.4 is 10.9 Å². The van der Waals surface area contributed by atoms with Gasteiger partial charge < -0.3 is 4.42 Å². The fourth-order valence-corrected chi connectivity index (χ4v) is 3.24. The molecule has 6 heteroatoms. The smallest absolute Gasteiger partial charge is 0.258 e. The Kier molecular flexibility index (Phi) is 4.69. The van der Waals surface area contributed by atoms with Crippen LogP contribution in [0.2, 0.25) is 0 Å². The molecule has 3 aromatic heterocycles. The maximum atomic E-state index is 12.4. The first-order valence-corrected chi connectivity index (χ1v) is 8.99. The quantitative estimate of drug-likeness (QED) is 0.542. The molecule has 1 atom stereocenters. The number of fused-ring (bicyclic) bond motifs is 1. The van der Waals surface area contributed by atoms with E-state index in [-0.39, 0.29) is 11.6 Å². The van der Waals surface area contributed by atoms with E-state index in [0.29, 0.717) is 17.9 Å². The first-order chi connectivity index (χ1) is 12.7. The van der Waals surface area contributed by atoms with Gasteiger partial charge in [-0.15, -0.1) is 0 Å². The van der Waals surface area contributed by atoms with Gasteiger partial charge in [0, 0.05) is 23.3 Å². The van der Waals surface area contributed by atoms with E-state index in [1.165, 1.54) is 4.40 Å². The van der Waals surface area contributed by atoms with Gasteiger partial charge >= 0.3 is 0 Å². The number of furan rings is 1. The second-order valence-electron chi connectivity index (χ2n) is 5.90. The van der Waals surface area contributed by atoms with Crippen molar-refractivity contribution in [3.8, 4) is 0 Å². The Morgan fingerprint density at radius 2 is 1.96 bits per heavy atom. The third-order valence-electron chi connectivity index (χ3n) is 4.12. The van der Waals surface area contributed by atoms with Gasteiger partial charge in [0.25, 0.3) is 5.56 Å². The minimum absolute atomic E-state index is 0.109. The van der Waals surface area contributed by atoms with Crippen LogP contribution >= 0.6 is 15.9 Å². The Hall–Kier alpha value is -2.70. The van der Waals surface area contributed by atoms with Crippen molar-refractivity contribution in [2.75, 3.05) is 0 Å². The summed E-state index contributed by atoms with van der Waals surface area (Å²) in [4.78, 5) is 16.9. The van der Waals surface area contributed by atoms with Gasteiger partial charge in [-0.25, -0.2) is 4.98 Å². The summed E-state index contributed by atoms with van der Waals surface area (Å²) in [5.74, 6) is 0.817. The summed E-state index contributed by atoms with van der Waals surface area (Å²) in [6, 6.07) is 19.0. The Balaban J connectivity index is 1.63. The molecule has 0 aliphatic carbocycles. The third kappa shape index (κ3) is 3.47. The largest absolute Gasteiger partial charge is 0.467 e. The van der Waals surface area contributed by atoms with Crippen molar-refractivity contribution >= 4 is 21.6 Å². The van der Waals surface area contributed by atoms with E-state index in [9.17, 15) is 4.79 Å². The highest BCUT2D eigenvalue weighted by Gasteiger charge is 2.16. The summed E-state index contributed by atoms with van der Waals surface area (Å²) < 4.78 is 7.95. The monoisotopic (exact) mass is 409 g/mol. The zero-order chi connectivity index (χ0) is 17.9. The normalized spacial score (nSPS) is 12.3. The van der Waals surface area contributed by atoms with Crippen LogP contribution in [0.3, 0.4) is 0 Å². The van der Waals surface area contributed by atoms with Gasteiger partial charge in [0.1, 0.15) is 11.4 Å². The van der Waals surface area contributed by atoms with Gasteiger partial charge in [0.05, 0.1) is 18.0 Å². The molecule has 0 saturated heterocycles. The van der Waals surface area contributed by atoms with E-state index in [2.05, 4.69) is 26.2 Å². The lowest BCUT2D eigenvalue weighted by Crippen LogP contribution is -2.24. The molecule has 4 aromatic rings. The fourth-order valence-electron chi connectivity index (χ4n) is 2.91. The molecule has 1 aromatic carbocycles. The Bertz CT molecular complexity index is 1080. The summed E-state index contributed by atoms with van der Waals surface area (Å²) in [6.45, 7) is 0.446. The number of benzene rings is 1. The molecule has 0 radical (unpaired) electrons. The topological polar surface area (TPSA) is 59.5 Å². The average molecular weight is 410 g/mol. The van der Waals surface area contributed by atoms with Crippen LogP contribution in [-0.4, -0.2) is 9.38 Å². The number of pyridine rings is 1. The van der Waals surface area contributed by atoms with E-state index in [4.69, 9.17) is 4.42 Å². The van der Waals surface area contributed by atoms with E-state index in [1.54, 1.807) is 18.5 Å². The van der Waals surface area contributed by atoms with Gasteiger partial charge in [-0.1, -0.05) is 30.3 Å². The minimum atomic E-state index is -0.114. The first-order valence-electron chi connectivity index (χ1n) is 8.20. The molecule has 26 heavy (non-hydrogen) atoms. The SMILES string of the molecule is O=c1cc(CN[C@H](c2ccccc2)c2ccco2)nc2ccc(Br)cn12. The van der Waals surface area contributed by atoms with E-state index >= 15 is 0 Å². The van der Waals surface area contributed by atoms with Crippen LogP contribution in [0.25, 0.3) is 5.65 Å². The van der Waals surface area contributed by atoms with Crippen LogP contribution in [-0.2, 0) is 6.54 Å². The Morgan fingerprint density at radius 1 is 1.12 bits per heavy atom. The molecule has 0 saturated carbocycles. The van der Waals surface area contributed by atoms with E-state index in [1.807, 2.05) is 54.6 Å². The van der Waals surface area contributed by atoms with Crippen LogP contribution in [0.1, 0.15) is 23.1 Å². The standard InChI is InChI=1S/C20H16BrN3O2/c21-15-8-9-18-23-16(11-19(25)24(18)13-15)12-22-20(17-7-4-10-26-17)14-5-2-1-3-6-14/h1-11,13,20,22H,12H2/t20-/m1/s1. The van der Waals surface area contributed by atoms with Crippen LogP contribution in [0, 0.1) is 0 Å². The first kappa shape index (κ1) is 16.8. The van der Waals surface area contributed by atoms with Crippen molar-refractivity contribution in [2.45, 2.75) is 12.6 Å². The maximum absolute atomic E-state index is 12.4. The molecule has 3 heterocycles. The number of rotatable bonds is 5. The number of nitrogens with zero attached hydrogens (tertiary/aromatic N) is 2. The fraction of sp³-hybridized carbons (Fsp3) is 0.100. The molecule has 0 unspecified atom stereocenters. The molecule has 0 aliphatic rings. The number of halogens is 1. The maximum Gasteiger partial charge on any atom is 0.258 e. The number of nitrogens with one attached hydrogen (secondary N) is 1. The van der Waals surface area contributed by atoms with Crippen molar-refractivity contribution in [3.05, 3.63) is 105 Å². The highest BCUT2D eigenvalue weighted by atomic mass is 79.9. The molecule has 5 nitrogen and oxygen atoms in total. The van der Waals surface area contributed by atoms with Crippen molar-refractivity contribution in [2.24, 2.45) is 0 Å². The second-order valence-corrected chi connectivity index (χ2v) is 6.82. The molecule has 0 fully saturated rings. The summed E-state index contributed by atoms with van der Waals surface area (Å²) >= 11 is 3.37. The van der Waals surface area contributed by atoms with Gasteiger partial charge in [-0.05, 0) is 45.8 Å². The van der Waals surface area contributed by atoms with Gasteiger partial charge in [0.2, 0.25) is 0 Å². The molecule has 0 spiro atoms. The number of aromatic nitrogens is 2. The Morgan fingerprint density at radius 3 is 2.73 bits per heavy atom. The third-order valence-corrected chi connectivity index (χ3v) is 4.59. The molecule has 0 bridgehead atoms. The lowest BCUT2D eigenvalue weighted by molar-refractivity contribution is 0.444. The lowest BCUT2D eigenvalue weighted by Gasteiger charge is -2.17. The summed E-state index contributed by atoms with van der Waals surface area (Å²) in [6.07, 6.45) is 3.38. The van der Waals surface area contributed by atoms with Crippen LogP contribution in [0.4, 0.5) is 0 Å². The number of hydrogen-bond donors (Lipinski definition) is 1. The van der Waals surface area contributed by atoms with Gasteiger partial charge in [0.15, 0.2) is 0 Å². The van der Waals surface area contributed by atoms with Crippen LogP contribution in [0.15, 0.2) is 86.8 Å². The molecule has 0 amide bonds. The zero-order valence-electron chi connectivity index (χ0n) is 13.8. The summed E-state index contributed by atoms with van der Waals surface area (Å²) in [5.41, 5.74) is 2.28. The molecule has 4 rings (SSSR count). The van der Waals surface area contributed by atoms with E-state index in [0.717, 1.165) is 15.8 Å². The minimum Gasteiger partial charge on any atom is -0.467 e. The molecule has 0 aliphatic heterocycles. The van der Waals surface area contributed by atoms with Crippen molar-refractivity contribution in [3.63, 3.8) is 0 Å².